The van der Waals surface area contributed by atoms with E-state index in [1.807, 2.05) is 12.1 Å². The summed E-state index contributed by atoms with van der Waals surface area (Å²) in [4.78, 5) is 38.2. The summed E-state index contributed by atoms with van der Waals surface area (Å²) in [6.07, 6.45) is 7.93. The average molecular weight is 451 g/mol. The second-order valence-electron chi connectivity index (χ2n) is 9.89. The van der Waals surface area contributed by atoms with Crippen LogP contribution in [0.5, 0.6) is 5.75 Å². The van der Waals surface area contributed by atoms with Crippen molar-refractivity contribution in [2.75, 3.05) is 6.54 Å². The number of carbonyl (C=O) groups excluding carboxylic acids is 3. The molecule has 3 amide bonds. The van der Waals surface area contributed by atoms with Crippen LogP contribution in [0.3, 0.4) is 0 Å². The van der Waals surface area contributed by atoms with Gasteiger partial charge in [-0.15, -0.1) is 0 Å². The molecule has 33 heavy (non-hydrogen) atoms. The Kier molecular flexibility index (Phi) is 5.83. The van der Waals surface area contributed by atoms with E-state index in [-0.39, 0.29) is 35.8 Å². The first-order chi connectivity index (χ1) is 16.0. The van der Waals surface area contributed by atoms with Gasteiger partial charge in [-0.2, -0.15) is 5.26 Å². The van der Waals surface area contributed by atoms with Gasteiger partial charge in [0, 0.05) is 31.1 Å². The summed E-state index contributed by atoms with van der Waals surface area (Å²) in [5.41, 5.74) is 1.22. The number of fused-ring (bicyclic) bond motifs is 1. The number of imide groups is 1. The predicted molar refractivity (Wildman–Crippen MR) is 119 cm³/mol. The van der Waals surface area contributed by atoms with E-state index in [2.05, 4.69) is 16.7 Å². The molecule has 2 heterocycles. The van der Waals surface area contributed by atoms with Crippen LogP contribution in [0.2, 0.25) is 0 Å². The van der Waals surface area contributed by atoms with Gasteiger partial charge < -0.3 is 15.0 Å². The van der Waals surface area contributed by atoms with Gasteiger partial charge >= 0.3 is 0 Å². The maximum absolute atomic E-state index is 12.9. The van der Waals surface area contributed by atoms with Gasteiger partial charge in [-0.3, -0.25) is 19.7 Å². The molecule has 0 aromatic heterocycles. The normalized spacial score (nSPS) is 28.5. The monoisotopic (exact) mass is 450 g/mol. The van der Waals surface area contributed by atoms with Crippen molar-refractivity contribution >= 4 is 17.7 Å². The molecule has 174 valence electrons. The van der Waals surface area contributed by atoms with Gasteiger partial charge in [0.15, 0.2) is 0 Å². The molecule has 0 spiro atoms. The summed E-state index contributed by atoms with van der Waals surface area (Å²) in [5.74, 6) is -0.138. The Balaban J connectivity index is 1.25. The quantitative estimate of drug-likeness (QED) is 0.644. The SMILES string of the molecule is N#CC1(CN[C@@H]2CCCC[C@@H]2Oc2ccc3c(c2)CN(C2CCC(=O)NC2=O)C3=O)CCC1. The van der Waals surface area contributed by atoms with Crippen LogP contribution in [0.25, 0.3) is 0 Å². The van der Waals surface area contributed by atoms with E-state index in [9.17, 15) is 19.6 Å². The maximum atomic E-state index is 12.9. The molecule has 2 aliphatic heterocycles. The summed E-state index contributed by atoms with van der Waals surface area (Å²) in [7, 11) is 0. The van der Waals surface area contributed by atoms with Gasteiger partial charge in [0.05, 0.1) is 11.5 Å². The number of nitriles is 1. The third-order valence-corrected chi connectivity index (χ3v) is 7.74. The van der Waals surface area contributed by atoms with Crippen LogP contribution in [0.15, 0.2) is 18.2 Å². The smallest absolute Gasteiger partial charge is 0.255 e. The lowest BCUT2D eigenvalue weighted by Gasteiger charge is -2.39. The zero-order valence-corrected chi connectivity index (χ0v) is 18.8. The highest BCUT2D eigenvalue weighted by Gasteiger charge is 2.40. The number of nitrogens with one attached hydrogen (secondary N) is 2. The molecule has 0 bridgehead atoms. The highest BCUT2D eigenvalue weighted by molar-refractivity contribution is 6.05. The highest BCUT2D eigenvalue weighted by atomic mass is 16.5. The Morgan fingerprint density at radius 3 is 2.70 bits per heavy atom. The second-order valence-corrected chi connectivity index (χ2v) is 9.89. The first-order valence-corrected chi connectivity index (χ1v) is 12.1. The van der Waals surface area contributed by atoms with E-state index in [0.29, 0.717) is 25.1 Å². The van der Waals surface area contributed by atoms with E-state index >= 15 is 0 Å². The predicted octanol–water partition coefficient (Wildman–Crippen LogP) is 2.42. The molecule has 2 N–H and O–H groups in total. The topological polar surface area (TPSA) is 112 Å². The molecule has 8 nitrogen and oxygen atoms in total. The average Bonchev–Trinajstić information content (AvgIpc) is 3.10. The minimum atomic E-state index is -0.613. The molecule has 1 saturated heterocycles. The fraction of sp³-hybridized carbons (Fsp3) is 0.600. The molecule has 1 unspecified atom stereocenters. The third-order valence-electron chi connectivity index (χ3n) is 7.74. The summed E-state index contributed by atoms with van der Waals surface area (Å²) < 4.78 is 6.40. The number of benzene rings is 1. The summed E-state index contributed by atoms with van der Waals surface area (Å²) in [6, 6.07) is 7.62. The largest absolute Gasteiger partial charge is 0.489 e. The van der Waals surface area contributed by atoms with Crippen LogP contribution in [0, 0.1) is 16.7 Å². The van der Waals surface area contributed by atoms with Crippen molar-refractivity contribution < 1.29 is 19.1 Å². The molecule has 3 atom stereocenters. The van der Waals surface area contributed by atoms with E-state index < -0.39 is 11.9 Å². The molecule has 8 heteroatoms. The Bertz CT molecular complexity index is 1010. The van der Waals surface area contributed by atoms with Gasteiger partial charge in [-0.25, -0.2) is 0 Å². The number of nitrogens with zero attached hydrogens (tertiary/aromatic N) is 2. The van der Waals surface area contributed by atoms with Crippen LogP contribution in [-0.2, 0) is 16.1 Å². The standard InChI is InChI=1S/C25H30N4O4/c26-14-25(10-3-11-25)15-27-19-4-1-2-5-21(19)33-17-6-7-18-16(12-17)13-29(24(18)32)20-8-9-22(30)28-23(20)31/h6-7,12,19-21,27H,1-5,8-11,13,15H2,(H,28,30,31)/t19-,20?,21+/m1/s1. The maximum Gasteiger partial charge on any atom is 0.255 e. The molecule has 3 fully saturated rings. The molecular formula is C25H30N4O4. The lowest BCUT2D eigenvalue weighted by molar-refractivity contribution is -0.136. The minimum Gasteiger partial charge on any atom is -0.489 e. The third kappa shape index (κ3) is 4.22. The second kappa shape index (κ2) is 8.79. The molecule has 4 aliphatic rings. The van der Waals surface area contributed by atoms with Crippen LogP contribution in [0.4, 0.5) is 0 Å². The molecule has 2 saturated carbocycles. The Hall–Kier alpha value is -2.92. The first kappa shape index (κ1) is 21.9. The van der Waals surface area contributed by atoms with Crippen LogP contribution in [-0.4, -0.2) is 47.4 Å². The number of piperidine rings is 1. The van der Waals surface area contributed by atoms with Gasteiger partial charge in [0.1, 0.15) is 17.9 Å². The van der Waals surface area contributed by atoms with Gasteiger partial charge in [-0.1, -0.05) is 12.8 Å². The molecule has 2 aliphatic carbocycles. The van der Waals surface area contributed by atoms with Crippen molar-refractivity contribution in [3.63, 3.8) is 0 Å². The van der Waals surface area contributed by atoms with Crippen molar-refractivity contribution in [2.24, 2.45) is 5.41 Å². The number of hydrogen-bond donors (Lipinski definition) is 2. The van der Waals surface area contributed by atoms with Crippen molar-refractivity contribution in [3.05, 3.63) is 29.3 Å². The van der Waals surface area contributed by atoms with Gasteiger partial charge in [0.2, 0.25) is 11.8 Å². The van der Waals surface area contributed by atoms with Gasteiger partial charge in [-0.05, 0) is 62.3 Å². The van der Waals surface area contributed by atoms with Crippen molar-refractivity contribution in [2.45, 2.75) is 82.5 Å². The summed E-state index contributed by atoms with van der Waals surface area (Å²) in [5, 5.41) is 15.5. The number of amides is 3. The lowest BCUT2D eigenvalue weighted by Crippen LogP contribution is -2.52. The van der Waals surface area contributed by atoms with Crippen molar-refractivity contribution in [1.82, 2.24) is 15.5 Å². The van der Waals surface area contributed by atoms with E-state index in [4.69, 9.17) is 4.74 Å². The minimum absolute atomic E-state index is 0.0240. The van der Waals surface area contributed by atoms with Crippen LogP contribution in [0.1, 0.15) is 73.7 Å². The Morgan fingerprint density at radius 1 is 1.15 bits per heavy atom. The van der Waals surface area contributed by atoms with Crippen LogP contribution >= 0.6 is 0 Å². The molecular weight excluding hydrogens is 420 g/mol. The summed E-state index contributed by atoms with van der Waals surface area (Å²) >= 11 is 0. The van der Waals surface area contributed by atoms with E-state index in [0.717, 1.165) is 56.3 Å². The highest BCUT2D eigenvalue weighted by Crippen LogP contribution is 2.40. The Labute approximate surface area is 193 Å². The number of rotatable bonds is 6. The van der Waals surface area contributed by atoms with Crippen molar-refractivity contribution in [3.8, 4) is 11.8 Å². The first-order valence-electron chi connectivity index (χ1n) is 12.1. The zero-order valence-electron chi connectivity index (χ0n) is 18.8. The molecule has 1 aromatic rings. The fourth-order valence-electron chi connectivity index (χ4n) is 5.53. The number of hydrogen-bond acceptors (Lipinski definition) is 6. The van der Waals surface area contributed by atoms with Crippen molar-refractivity contribution in [1.29, 1.82) is 5.26 Å². The van der Waals surface area contributed by atoms with E-state index in [1.54, 1.807) is 11.0 Å². The van der Waals surface area contributed by atoms with E-state index in [1.165, 1.54) is 0 Å². The molecule has 5 rings (SSSR count). The Morgan fingerprint density at radius 2 is 1.97 bits per heavy atom. The fourth-order valence-corrected chi connectivity index (χ4v) is 5.53. The molecule has 1 aromatic carbocycles. The number of carbonyl (C=O) groups is 3. The zero-order chi connectivity index (χ0) is 23.0. The molecule has 0 radical (unpaired) electrons. The number of ether oxygens (including phenoxy) is 1. The summed E-state index contributed by atoms with van der Waals surface area (Å²) in [6.45, 7) is 1.06. The van der Waals surface area contributed by atoms with Gasteiger partial charge in [0.25, 0.3) is 5.91 Å². The van der Waals surface area contributed by atoms with Crippen LogP contribution < -0.4 is 15.4 Å². The lowest BCUT2D eigenvalue weighted by atomic mass is 9.70.